The number of hydrogen-bond acceptors (Lipinski definition) is 2. The van der Waals surface area contributed by atoms with Crippen molar-refractivity contribution in [3.8, 4) is 5.69 Å². The van der Waals surface area contributed by atoms with Gasteiger partial charge in [0.25, 0.3) is 0 Å². The molecule has 7 heteroatoms. The zero-order valence-electron chi connectivity index (χ0n) is 10.9. The quantitative estimate of drug-likeness (QED) is 0.663. The number of nitrogens with zero attached hydrogens (tertiary/aromatic N) is 4. The van der Waals surface area contributed by atoms with Gasteiger partial charge in [0.15, 0.2) is 5.65 Å². The Balaban J connectivity index is 2.43. The van der Waals surface area contributed by atoms with Gasteiger partial charge in [-0.3, -0.25) is 4.57 Å². The van der Waals surface area contributed by atoms with Crippen molar-refractivity contribution < 1.29 is 0 Å². The maximum Gasteiger partial charge on any atom is 0.163 e. The predicted octanol–water partition coefficient (Wildman–Crippen LogP) is 4.11. The van der Waals surface area contributed by atoms with Crippen LogP contribution in [0.1, 0.15) is 11.5 Å². The molecule has 0 saturated carbocycles. The van der Waals surface area contributed by atoms with E-state index in [0.717, 1.165) is 22.5 Å². The van der Waals surface area contributed by atoms with Gasteiger partial charge < -0.3 is 0 Å². The van der Waals surface area contributed by atoms with Crippen molar-refractivity contribution in [1.29, 1.82) is 0 Å². The molecular weight excluding hydrogens is 319 g/mol. The Morgan fingerprint density at radius 1 is 1.25 bits per heavy atom. The van der Waals surface area contributed by atoms with Crippen LogP contribution in [-0.2, 0) is 12.9 Å². The monoisotopic (exact) mass is 328 g/mol. The number of imidazole rings is 1. The van der Waals surface area contributed by atoms with Crippen molar-refractivity contribution in [2.75, 3.05) is 0 Å². The first kappa shape index (κ1) is 13.7. The third kappa shape index (κ3) is 1.91. The van der Waals surface area contributed by atoms with Gasteiger partial charge in [0, 0.05) is 7.05 Å². The highest BCUT2D eigenvalue weighted by Gasteiger charge is 2.20. The number of aryl methyl sites for hydroxylation is 2. The van der Waals surface area contributed by atoms with E-state index in [-0.39, 0.29) is 5.88 Å². The molecule has 1 aromatic carbocycles. The summed E-state index contributed by atoms with van der Waals surface area (Å²) in [5, 5.41) is 5.34. The highest BCUT2D eigenvalue weighted by Crippen LogP contribution is 2.32. The third-order valence-electron chi connectivity index (χ3n) is 3.16. The lowest BCUT2D eigenvalue weighted by Gasteiger charge is -2.11. The number of alkyl halides is 1. The standard InChI is InChI=1S/C13H11Cl3N4/c1-7-12-13(19(2)18-7)20(10(6-14)17-12)9-5-3-4-8(15)11(9)16/h3-5H,6H2,1-2H3. The number of hydrogen-bond donors (Lipinski definition) is 0. The lowest BCUT2D eigenvalue weighted by molar-refractivity contribution is 0.755. The van der Waals surface area contributed by atoms with Gasteiger partial charge in [-0.25, -0.2) is 9.67 Å². The molecule has 0 fully saturated rings. The van der Waals surface area contributed by atoms with Crippen molar-refractivity contribution in [2.45, 2.75) is 12.8 Å². The first-order valence-corrected chi connectivity index (χ1v) is 7.25. The summed E-state index contributed by atoms with van der Waals surface area (Å²) in [5.41, 5.74) is 3.27. The van der Waals surface area contributed by atoms with Crippen LogP contribution >= 0.6 is 34.8 Å². The van der Waals surface area contributed by atoms with E-state index in [1.54, 1.807) is 10.7 Å². The molecule has 0 N–H and O–H groups in total. The minimum atomic E-state index is 0.275. The summed E-state index contributed by atoms with van der Waals surface area (Å²) in [5.74, 6) is 0.985. The van der Waals surface area contributed by atoms with Crippen LogP contribution < -0.4 is 0 Å². The molecule has 3 rings (SSSR count). The average Bonchev–Trinajstić information content (AvgIpc) is 2.92. The van der Waals surface area contributed by atoms with Crippen molar-refractivity contribution in [3.05, 3.63) is 39.8 Å². The van der Waals surface area contributed by atoms with Crippen LogP contribution in [0.5, 0.6) is 0 Å². The van der Waals surface area contributed by atoms with E-state index in [2.05, 4.69) is 10.1 Å². The summed E-state index contributed by atoms with van der Waals surface area (Å²) >= 11 is 18.4. The summed E-state index contributed by atoms with van der Waals surface area (Å²) in [6.45, 7) is 1.91. The van der Waals surface area contributed by atoms with Gasteiger partial charge in [0.1, 0.15) is 11.3 Å². The summed E-state index contributed by atoms with van der Waals surface area (Å²) in [6, 6.07) is 5.47. The summed E-state index contributed by atoms with van der Waals surface area (Å²) in [7, 11) is 1.87. The van der Waals surface area contributed by atoms with Crippen LogP contribution in [0.2, 0.25) is 10.0 Å². The average molecular weight is 330 g/mol. The predicted molar refractivity (Wildman–Crippen MR) is 82.2 cm³/mol. The van der Waals surface area contributed by atoms with E-state index < -0.39 is 0 Å². The number of rotatable bonds is 2. The minimum absolute atomic E-state index is 0.275. The second kappa shape index (κ2) is 4.95. The topological polar surface area (TPSA) is 35.6 Å². The van der Waals surface area contributed by atoms with Crippen molar-refractivity contribution in [1.82, 2.24) is 19.3 Å². The zero-order chi connectivity index (χ0) is 14.4. The van der Waals surface area contributed by atoms with Crippen molar-refractivity contribution in [3.63, 3.8) is 0 Å². The van der Waals surface area contributed by atoms with E-state index in [0.29, 0.717) is 15.9 Å². The summed E-state index contributed by atoms with van der Waals surface area (Å²) in [6.07, 6.45) is 0. The molecule has 0 unspecified atom stereocenters. The molecule has 3 aromatic rings. The molecule has 0 aliphatic heterocycles. The molecule has 20 heavy (non-hydrogen) atoms. The Kier molecular flexibility index (Phi) is 3.40. The molecule has 4 nitrogen and oxygen atoms in total. The van der Waals surface area contributed by atoms with Crippen LogP contribution in [0.15, 0.2) is 18.2 Å². The second-order valence-corrected chi connectivity index (χ2v) is 5.50. The summed E-state index contributed by atoms with van der Waals surface area (Å²) < 4.78 is 3.67. The molecule has 0 radical (unpaired) electrons. The molecule has 0 spiro atoms. The van der Waals surface area contributed by atoms with Gasteiger partial charge in [0.2, 0.25) is 0 Å². The van der Waals surface area contributed by atoms with Gasteiger partial charge in [-0.1, -0.05) is 29.3 Å². The SMILES string of the molecule is Cc1nn(C)c2c1nc(CCl)n2-c1cccc(Cl)c1Cl. The van der Waals surface area contributed by atoms with E-state index in [9.17, 15) is 0 Å². The molecule has 104 valence electrons. The Bertz CT molecular complexity index is 804. The lowest BCUT2D eigenvalue weighted by atomic mass is 10.3. The van der Waals surface area contributed by atoms with Crippen LogP contribution in [0.25, 0.3) is 16.9 Å². The Hall–Kier alpha value is -1.23. The molecule has 0 aliphatic rings. The molecule has 0 bridgehead atoms. The smallest absolute Gasteiger partial charge is 0.163 e. The van der Waals surface area contributed by atoms with Crippen molar-refractivity contribution >= 4 is 46.0 Å². The fourth-order valence-corrected chi connectivity index (χ4v) is 2.88. The molecular formula is C13H11Cl3N4. The van der Waals surface area contributed by atoms with Crippen molar-refractivity contribution in [2.24, 2.45) is 7.05 Å². The second-order valence-electron chi connectivity index (χ2n) is 4.45. The number of fused-ring (bicyclic) bond motifs is 1. The Morgan fingerprint density at radius 2 is 2.00 bits per heavy atom. The number of aromatic nitrogens is 4. The highest BCUT2D eigenvalue weighted by atomic mass is 35.5. The lowest BCUT2D eigenvalue weighted by Crippen LogP contribution is -2.05. The van der Waals surface area contributed by atoms with E-state index >= 15 is 0 Å². The number of halogens is 3. The minimum Gasteiger partial charge on any atom is -0.278 e. The number of benzene rings is 1. The fourth-order valence-electron chi connectivity index (χ4n) is 2.33. The Labute approximate surface area is 130 Å². The van der Waals surface area contributed by atoms with Crippen LogP contribution in [-0.4, -0.2) is 19.3 Å². The van der Waals surface area contributed by atoms with Gasteiger partial charge >= 0.3 is 0 Å². The maximum absolute atomic E-state index is 6.32. The van der Waals surface area contributed by atoms with E-state index in [4.69, 9.17) is 34.8 Å². The first-order chi connectivity index (χ1) is 9.54. The fraction of sp³-hybridized carbons (Fsp3) is 0.231. The molecule has 0 atom stereocenters. The molecule has 0 saturated heterocycles. The van der Waals surface area contributed by atoms with Crippen LogP contribution in [0.3, 0.4) is 0 Å². The third-order valence-corrected chi connectivity index (χ3v) is 4.21. The van der Waals surface area contributed by atoms with E-state index in [1.165, 1.54) is 0 Å². The van der Waals surface area contributed by atoms with Gasteiger partial charge in [-0.15, -0.1) is 11.6 Å². The summed E-state index contributed by atoms with van der Waals surface area (Å²) in [4.78, 5) is 4.54. The van der Waals surface area contributed by atoms with Gasteiger partial charge in [-0.05, 0) is 19.1 Å². The molecule has 2 heterocycles. The Morgan fingerprint density at radius 3 is 2.70 bits per heavy atom. The largest absolute Gasteiger partial charge is 0.278 e. The molecule has 2 aromatic heterocycles. The van der Waals surface area contributed by atoms with Gasteiger partial charge in [-0.2, -0.15) is 5.10 Å². The zero-order valence-corrected chi connectivity index (χ0v) is 13.1. The maximum atomic E-state index is 6.32. The van der Waals surface area contributed by atoms with Crippen LogP contribution in [0, 0.1) is 6.92 Å². The van der Waals surface area contributed by atoms with Crippen LogP contribution in [0.4, 0.5) is 0 Å². The first-order valence-electron chi connectivity index (χ1n) is 5.96. The molecule has 0 amide bonds. The van der Waals surface area contributed by atoms with Gasteiger partial charge in [0.05, 0.1) is 27.3 Å². The molecule has 0 aliphatic carbocycles. The highest BCUT2D eigenvalue weighted by molar-refractivity contribution is 6.43. The van der Waals surface area contributed by atoms with E-state index in [1.807, 2.05) is 30.7 Å². The normalized spacial score (nSPS) is 11.4.